The van der Waals surface area contributed by atoms with Gasteiger partial charge in [-0.25, -0.2) is 5.01 Å². The number of Topliss-reactive ketones (excluding diaryl/α,β-unsaturated/α-hetero) is 1. The van der Waals surface area contributed by atoms with E-state index in [0.717, 1.165) is 0 Å². The van der Waals surface area contributed by atoms with E-state index in [9.17, 15) is 22.8 Å². The van der Waals surface area contributed by atoms with Crippen LogP contribution in [0, 0.1) is 10.8 Å². The van der Waals surface area contributed by atoms with Crippen molar-refractivity contribution in [2.75, 3.05) is 7.05 Å². The third kappa shape index (κ3) is 3.52. The van der Waals surface area contributed by atoms with Crippen molar-refractivity contribution >= 4 is 17.4 Å². The van der Waals surface area contributed by atoms with Crippen LogP contribution in [0.5, 0.6) is 0 Å². The van der Waals surface area contributed by atoms with Crippen molar-refractivity contribution in [3.05, 3.63) is 34.4 Å². The summed E-state index contributed by atoms with van der Waals surface area (Å²) < 4.78 is 40.2. The molecule has 0 fully saturated rings. The quantitative estimate of drug-likeness (QED) is 0.602. The zero-order valence-corrected chi connectivity index (χ0v) is 16.0. The Kier molecular flexibility index (Phi) is 4.59. The lowest BCUT2D eigenvalue weighted by Gasteiger charge is -2.31. The number of allylic oxidation sites excluding steroid dienone is 5. The summed E-state index contributed by atoms with van der Waals surface area (Å²) in [6.07, 6.45) is -1.98. The molecule has 142 valence electrons. The minimum atomic E-state index is -4.77. The maximum Gasteiger partial charge on any atom is 0.435 e. The van der Waals surface area contributed by atoms with Crippen molar-refractivity contribution < 1.29 is 22.8 Å². The van der Waals surface area contributed by atoms with Gasteiger partial charge < -0.3 is 0 Å². The molecule has 0 spiro atoms. The molecule has 0 bridgehead atoms. The number of halogens is 3. The second-order valence-electron chi connectivity index (χ2n) is 8.55. The Morgan fingerprint density at radius 1 is 0.885 bits per heavy atom. The summed E-state index contributed by atoms with van der Waals surface area (Å²) in [5, 5.41) is 4.04. The molecule has 4 nitrogen and oxygen atoms in total. The molecule has 7 heteroatoms. The van der Waals surface area contributed by atoms with Gasteiger partial charge in [-0.15, -0.1) is 0 Å². The lowest BCUT2D eigenvalue weighted by atomic mass is 9.71. The molecule has 0 aromatic carbocycles. The van der Waals surface area contributed by atoms with Gasteiger partial charge in [0.2, 0.25) is 0 Å². The van der Waals surface area contributed by atoms with Gasteiger partial charge in [-0.2, -0.15) is 18.3 Å². The van der Waals surface area contributed by atoms with E-state index in [-0.39, 0.29) is 11.4 Å². The Morgan fingerprint density at radius 2 is 1.31 bits per heavy atom. The molecule has 2 rings (SSSR count). The predicted octanol–water partition coefficient (Wildman–Crippen LogP) is 4.20. The number of carbonyl (C=O) groups is 2. The molecule has 1 aliphatic carbocycles. The normalized spacial score (nSPS) is 19.8. The monoisotopic (exact) mass is 368 g/mol. The van der Waals surface area contributed by atoms with Crippen LogP contribution in [-0.4, -0.2) is 35.6 Å². The molecule has 0 unspecified atom stereocenters. The number of hydrogen-bond donors (Lipinski definition) is 0. The first-order valence-corrected chi connectivity index (χ1v) is 8.22. The maximum atomic E-state index is 13.4. The SMILES string of the molecule is CN1N=C(C(F)(F)F)C(=C2C=C(C(C)(C)C)C(=O)C(C(C)(C)C)=C2)C1=O. The molecule has 0 N–H and O–H groups in total. The third-order valence-corrected chi connectivity index (χ3v) is 4.26. The minimum Gasteiger partial charge on any atom is -0.289 e. The smallest absolute Gasteiger partial charge is 0.289 e. The average molecular weight is 368 g/mol. The number of nitrogens with zero attached hydrogens (tertiary/aromatic N) is 2. The van der Waals surface area contributed by atoms with Crippen LogP contribution in [0.25, 0.3) is 0 Å². The van der Waals surface area contributed by atoms with Crippen LogP contribution in [-0.2, 0) is 9.59 Å². The van der Waals surface area contributed by atoms with Gasteiger partial charge in [-0.3, -0.25) is 9.59 Å². The van der Waals surface area contributed by atoms with E-state index in [1.807, 2.05) is 41.5 Å². The molecule has 0 aromatic rings. The number of hydrazone groups is 1. The van der Waals surface area contributed by atoms with Gasteiger partial charge in [-0.1, -0.05) is 41.5 Å². The third-order valence-electron chi connectivity index (χ3n) is 4.26. The number of hydrogen-bond acceptors (Lipinski definition) is 3. The summed E-state index contributed by atoms with van der Waals surface area (Å²) in [4.78, 5) is 25.3. The molecule has 0 saturated carbocycles. The van der Waals surface area contributed by atoms with Crippen molar-refractivity contribution in [1.29, 1.82) is 0 Å². The molecular weight excluding hydrogens is 345 g/mol. The highest BCUT2D eigenvalue weighted by Gasteiger charge is 2.47. The van der Waals surface area contributed by atoms with Crippen LogP contribution in [0.1, 0.15) is 41.5 Å². The fourth-order valence-corrected chi connectivity index (χ4v) is 2.85. The van der Waals surface area contributed by atoms with Crippen LogP contribution in [0.4, 0.5) is 13.2 Å². The Labute approximate surface area is 151 Å². The summed E-state index contributed by atoms with van der Waals surface area (Å²) in [6.45, 7) is 10.9. The highest BCUT2D eigenvalue weighted by atomic mass is 19.4. The average Bonchev–Trinajstić information content (AvgIpc) is 2.73. The van der Waals surface area contributed by atoms with Gasteiger partial charge in [0, 0.05) is 18.2 Å². The van der Waals surface area contributed by atoms with Crippen LogP contribution in [0.15, 0.2) is 39.5 Å². The van der Waals surface area contributed by atoms with E-state index in [0.29, 0.717) is 16.2 Å². The molecular formula is C19H23F3N2O2. The molecule has 1 amide bonds. The zero-order valence-electron chi connectivity index (χ0n) is 16.0. The van der Waals surface area contributed by atoms with Gasteiger partial charge in [0.05, 0.1) is 5.57 Å². The summed E-state index contributed by atoms with van der Waals surface area (Å²) in [6, 6.07) is 0. The lowest BCUT2D eigenvalue weighted by molar-refractivity contribution is -0.124. The topological polar surface area (TPSA) is 49.7 Å². The first-order chi connectivity index (χ1) is 11.5. The van der Waals surface area contributed by atoms with Crippen molar-refractivity contribution in [2.45, 2.75) is 47.7 Å². The number of likely N-dealkylation sites (N-methyl/N-ethyl adjacent to an activating group) is 1. The maximum absolute atomic E-state index is 13.4. The van der Waals surface area contributed by atoms with E-state index in [4.69, 9.17) is 0 Å². The van der Waals surface area contributed by atoms with E-state index < -0.39 is 34.2 Å². The molecule has 1 aliphatic heterocycles. The van der Waals surface area contributed by atoms with E-state index in [1.54, 1.807) is 0 Å². The Bertz CT molecular complexity index is 762. The second kappa shape index (κ2) is 5.93. The van der Waals surface area contributed by atoms with Crippen LogP contribution in [0.2, 0.25) is 0 Å². The summed E-state index contributed by atoms with van der Waals surface area (Å²) in [5.41, 5.74) is -2.11. The molecule has 0 aromatic heterocycles. The molecule has 26 heavy (non-hydrogen) atoms. The standard InChI is InChI=1S/C19H23F3N2O2/c1-17(2,3)11-8-10(9-12(14(11)25)18(4,5)6)13-15(19(20,21)22)23-24(7)16(13)26/h8-9H,1-7H3. The summed E-state index contributed by atoms with van der Waals surface area (Å²) in [7, 11) is 1.18. The van der Waals surface area contributed by atoms with Crippen molar-refractivity contribution in [2.24, 2.45) is 15.9 Å². The lowest BCUT2D eigenvalue weighted by Crippen LogP contribution is -2.30. The molecule has 0 radical (unpaired) electrons. The number of amides is 1. The molecule has 0 saturated heterocycles. The Morgan fingerprint density at radius 3 is 1.65 bits per heavy atom. The van der Waals surface area contributed by atoms with Crippen LogP contribution in [0.3, 0.4) is 0 Å². The summed E-state index contributed by atoms with van der Waals surface area (Å²) >= 11 is 0. The Hall–Kier alpha value is -2.18. The van der Waals surface area contributed by atoms with Gasteiger partial charge >= 0.3 is 6.18 Å². The number of alkyl halides is 3. The highest BCUT2D eigenvalue weighted by molar-refractivity contribution is 6.28. The second-order valence-corrected chi connectivity index (χ2v) is 8.55. The number of ketones is 1. The first-order valence-electron chi connectivity index (χ1n) is 8.22. The largest absolute Gasteiger partial charge is 0.435 e. The van der Waals surface area contributed by atoms with Gasteiger partial charge in [0.25, 0.3) is 5.91 Å². The van der Waals surface area contributed by atoms with Gasteiger partial charge in [-0.05, 0) is 28.6 Å². The van der Waals surface area contributed by atoms with Crippen molar-refractivity contribution in [1.82, 2.24) is 5.01 Å². The van der Waals surface area contributed by atoms with Gasteiger partial charge in [0.1, 0.15) is 0 Å². The molecule has 2 aliphatic rings. The fraction of sp³-hybridized carbons (Fsp3) is 0.526. The summed E-state index contributed by atoms with van der Waals surface area (Å²) in [5.74, 6) is -1.05. The van der Waals surface area contributed by atoms with Crippen molar-refractivity contribution in [3.63, 3.8) is 0 Å². The first kappa shape index (κ1) is 20.1. The minimum absolute atomic E-state index is 0.0740. The van der Waals surface area contributed by atoms with E-state index >= 15 is 0 Å². The van der Waals surface area contributed by atoms with E-state index in [1.165, 1.54) is 19.2 Å². The number of rotatable bonds is 0. The van der Waals surface area contributed by atoms with E-state index in [2.05, 4.69) is 5.10 Å². The van der Waals surface area contributed by atoms with Crippen LogP contribution >= 0.6 is 0 Å². The predicted molar refractivity (Wildman–Crippen MR) is 93.4 cm³/mol. The molecule has 0 atom stereocenters. The fourth-order valence-electron chi connectivity index (χ4n) is 2.85. The Balaban J connectivity index is 2.83. The highest BCUT2D eigenvalue weighted by Crippen LogP contribution is 2.41. The zero-order chi connectivity index (χ0) is 20.2. The van der Waals surface area contributed by atoms with Crippen LogP contribution < -0.4 is 0 Å². The molecule has 1 heterocycles. The number of carbonyl (C=O) groups excluding carboxylic acids is 2. The van der Waals surface area contributed by atoms with Gasteiger partial charge in [0.15, 0.2) is 11.5 Å². The van der Waals surface area contributed by atoms with Crippen molar-refractivity contribution in [3.8, 4) is 0 Å².